The number of nitrogens with zero attached hydrogens (tertiary/aromatic N) is 2. The summed E-state index contributed by atoms with van der Waals surface area (Å²) in [7, 11) is 1.72. The molecule has 0 aromatic heterocycles. The summed E-state index contributed by atoms with van der Waals surface area (Å²) in [5.41, 5.74) is 2.34. The molecule has 1 aliphatic heterocycles. The number of likely N-dealkylation sites (N-methyl/N-ethyl adjacent to an activating group) is 1. The minimum atomic E-state index is -0.547. The number of carbonyl (C=O) groups excluding carboxylic acids is 2. The van der Waals surface area contributed by atoms with Crippen LogP contribution in [0.3, 0.4) is 0 Å². The topological polar surface area (TPSA) is 49.9 Å². The minimum absolute atomic E-state index is 0.0510. The standard InChI is InChI=1S/C20H22N2O3/c1-4-22(13-15-8-6-5-7-9-15)20(24)16-10-11-17-18(12-16)25-14(2)19(23)21(17)3/h5-12,14H,4,13H2,1-3H3. The van der Waals surface area contributed by atoms with Crippen molar-refractivity contribution in [2.24, 2.45) is 0 Å². The van der Waals surface area contributed by atoms with Crippen molar-refractivity contribution in [3.05, 3.63) is 59.7 Å². The Labute approximate surface area is 147 Å². The average Bonchev–Trinajstić information content (AvgIpc) is 2.64. The van der Waals surface area contributed by atoms with Crippen LogP contribution in [-0.2, 0) is 11.3 Å². The summed E-state index contributed by atoms with van der Waals surface area (Å²) in [5.74, 6) is 0.423. The highest BCUT2D eigenvalue weighted by molar-refractivity contribution is 6.01. The van der Waals surface area contributed by atoms with Crippen molar-refractivity contribution in [2.75, 3.05) is 18.5 Å². The van der Waals surface area contributed by atoms with E-state index in [0.717, 1.165) is 5.56 Å². The van der Waals surface area contributed by atoms with E-state index in [0.29, 0.717) is 30.1 Å². The average molecular weight is 338 g/mol. The Kier molecular flexibility index (Phi) is 4.74. The molecule has 0 saturated carbocycles. The summed E-state index contributed by atoms with van der Waals surface area (Å²) >= 11 is 0. The number of anilines is 1. The largest absolute Gasteiger partial charge is 0.479 e. The first kappa shape index (κ1) is 17.0. The van der Waals surface area contributed by atoms with E-state index < -0.39 is 6.10 Å². The van der Waals surface area contributed by atoms with E-state index in [1.807, 2.05) is 37.3 Å². The summed E-state index contributed by atoms with van der Waals surface area (Å²) in [5, 5.41) is 0. The predicted molar refractivity (Wildman–Crippen MR) is 96.8 cm³/mol. The molecule has 1 heterocycles. The molecule has 2 aromatic rings. The molecule has 0 radical (unpaired) electrons. The van der Waals surface area contributed by atoms with Gasteiger partial charge in [-0.15, -0.1) is 0 Å². The van der Waals surface area contributed by atoms with Gasteiger partial charge in [-0.3, -0.25) is 9.59 Å². The molecule has 3 rings (SSSR count). The Bertz CT molecular complexity index is 789. The van der Waals surface area contributed by atoms with Gasteiger partial charge in [0, 0.05) is 25.7 Å². The van der Waals surface area contributed by atoms with Crippen molar-refractivity contribution in [3.63, 3.8) is 0 Å². The van der Waals surface area contributed by atoms with Crippen LogP contribution in [0, 0.1) is 0 Å². The molecule has 25 heavy (non-hydrogen) atoms. The highest BCUT2D eigenvalue weighted by atomic mass is 16.5. The highest BCUT2D eigenvalue weighted by Crippen LogP contribution is 2.34. The van der Waals surface area contributed by atoms with Gasteiger partial charge in [0.15, 0.2) is 6.10 Å². The predicted octanol–water partition coefficient (Wildman–Crippen LogP) is 3.09. The van der Waals surface area contributed by atoms with Crippen LogP contribution in [0.1, 0.15) is 29.8 Å². The van der Waals surface area contributed by atoms with E-state index >= 15 is 0 Å². The molecular formula is C20H22N2O3. The molecule has 130 valence electrons. The van der Waals surface area contributed by atoms with Crippen LogP contribution in [0.5, 0.6) is 5.75 Å². The van der Waals surface area contributed by atoms with Crippen LogP contribution in [-0.4, -0.2) is 36.4 Å². The number of ether oxygens (including phenoxy) is 1. The number of hydrogen-bond donors (Lipinski definition) is 0. The van der Waals surface area contributed by atoms with Gasteiger partial charge in [0.1, 0.15) is 5.75 Å². The molecule has 0 aliphatic carbocycles. The van der Waals surface area contributed by atoms with Crippen LogP contribution in [0.2, 0.25) is 0 Å². The first-order valence-electron chi connectivity index (χ1n) is 8.42. The van der Waals surface area contributed by atoms with Gasteiger partial charge in [-0.2, -0.15) is 0 Å². The smallest absolute Gasteiger partial charge is 0.267 e. The third-order valence-electron chi connectivity index (χ3n) is 4.44. The molecule has 2 aromatic carbocycles. The van der Waals surface area contributed by atoms with Crippen LogP contribution < -0.4 is 9.64 Å². The monoisotopic (exact) mass is 338 g/mol. The van der Waals surface area contributed by atoms with Crippen LogP contribution in [0.15, 0.2) is 48.5 Å². The zero-order valence-electron chi connectivity index (χ0n) is 14.7. The second-order valence-electron chi connectivity index (χ2n) is 6.14. The van der Waals surface area contributed by atoms with Crippen molar-refractivity contribution in [3.8, 4) is 5.75 Å². The lowest BCUT2D eigenvalue weighted by atomic mass is 10.1. The Morgan fingerprint density at radius 2 is 1.92 bits per heavy atom. The van der Waals surface area contributed by atoms with Gasteiger partial charge in [-0.25, -0.2) is 0 Å². The number of hydrogen-bond acceptors (Lipinski definition) is 3. The molecule has 0 spiro atoms. The Hall–Kier alpha value is -2.82. The van der Waals surface area contributed by atoms with Crippen molar-refractivity contribution >= 4 is 17.5 Å². The molecule has 0 bridgehead atoms. The zero-order valence-corrected chi connectivity index (χ0v) is 14.7. The van der Waals surface area contributed by atoms with Crippen molar-refractivity contribution in [1.82, 2.24) is 4.90 Å². The van der Waals surface area contributed by atoms with E-state index in [1.54, 1.807) is 42.0 Å². The third-order valence-corrected chi connectivity index (χ3v) is 4.44. The minimum Gasteiger partial charge on any atom is -0.479 e. The summed E-state index contributed by atoms with van der Waals surface area (Å²) in [6.45, 7) is 4.84. The van der Waals surface area contributed by atoms with E-state index in [2.05, 4.69) is 0 Å². The lowest BCUT2D eigenvalue weighted by Gasteiger charge is -2.30. The van der Waals surface area contributed by atoms with E-state index in [-0.39, 0.29) is 11.8 Å². The quantitative estimate of drug-likeness (QED) is 0.861. The fourth-order valence-electron chi connectivity index (χ4n) is 2.96. The number of carbonyl (C=O) groups is 2. The van der Waals surface area contributed by atoms with Gasteiger partial charge >= 0.3 is 0 Å². The fraction of sp³-hybridized carbons (Fsp3) is 0.300. The number of amides is 2. The maximum atomic E-state index is 12.9. The molecule has 0 saturated heterocycles. The van der Waals surface area contributed by atoms with Crippen LogP contribution in [0.4, 0.5) is 5.69 Å². The second kappa shape index (κ2) is 6.97. The van der Waals surface area contributed by atoms with Gasteiger partial charge in [-0.1, -0.05) is 30.3 Å². The van der Waals surface area contributed by atoms with Gasteiger partial charge in [0.2, 0.25) is 0 Å². The number of rotatable bonds is 4. The first-order valence-corrected chi connectivity index (χ1v) is 8.42. The third kappa shape index (κ3) is 3.36. The maximum Gasteiger partial charge on any atom is 0.267 e. The van der Waals surface area contributed by atoms with Gasteiger partial charge < -0.3 is 14.5 Å². The lowest BCUT2D eigenvalue weighted by molar-refractivity contribution is -0.125. The molecule has 1 atom stereocenters. The van der Waals surface area contributed by atoms with Crippen molar-refractivity contribution in [2.45, 2.75) is 26.5 Å². The molecule has 1 unspecified atom stereocenters. The molecule has 0 N–H and O–H groups in total. The van der Waals surface area contributed by atoms with Crippen LogP contribution in [0.25, 0.3) is 0 Å². The Morgan fingerprint density at radius 3 is 2.60 bits per heavy atom. The van der Waals surface area contributed by atoms with Gasteiger partial charge in [0.25, 0.3) is 11.8 Å². The second-order valence-corrected chi connectivity index (χ2v) is 6.14. The summed E-state index contributed by atoms with van der Waals surface area (Å²) in [6.07, 6.45) is -0.547. The van der Waals surface area contributed by atoms with Crippen molar-refractivity contribution < 1.29 is 14.3 Å². The SMILES string of the molecule is CCN(Cc1ccccc1)C(=O)c1ccc2c(c1)OC(C)C(=O)N2C. The molecule has 0 fully saturated rings. The summed E-state index contributed by atoms with van der Waals surface area (Å²) in [4.78, 5) is 28.2. The normalized spacial score (nSPS) is 16.2. The van der Waals surface area contributed by atoms with Gasteiger partial charge in [-0.05, 0) is 37.6 Å². The van der Waals surface area contributed by atoms with E-state index in [1.165, 1.54) is 0 Å². The zero-order chi connectivity index (χ0) is 18.0. The molecule has 1 aliphatic rings. The molecule has 5 heteroatoms. The molecule has 2 amide bonds. The Balaban J connectivity index is 1.85. The van der Waals surface area contributed by atoms with Crippen LogP contribution >= 0.6 is 0 Å². The highest BCUT2D eigenvalue weighted by Gasteiger charge is 2.29. The first-order chi connectivity index (χ1) is 12.0. The van der Waals surface area contributed by atoms with E-state index in [9.17, 15) is 9.59 Å². The Morgan fingerprint density at radius 1 is 1.20 bits per heavy atom. The summed E-state index contributed by atoms with van der Waals surface area (Å²) in [6, 6.07) is 15.2. The summed E-state index contributed by atoms with van der Waals surface area (Å²) < 4.78 is 5.68. The maximum absolute atomic E-state index is 12.9. The number of benzene rings is 2. The van der Waals surface area contributed by atoms with Gasteiger partial charge in [0.05, 0.1) is 5.69 Å². The molecular weight excluding hydrogens is 316 g/mol. The molecule has 5 nitrogen and oxygen atoms in total. The number of fused-ring (bicyclic) bond motifs is 1. The lowest BCUT2D eigenvalue weighted by Crippen LogP contribution is -2.42. The van der Waals surface area contributed by atoms with E-state index in [4.69, 9.17) is 4.74 Å². The fourth-order valence-corrected chi connectivity index (χ4v) is 2.96. The van der Waals surface area contributed by atoms with Crippen molar-refractivity contribution in [1.29, 1.82) is 0 Å².